The second kappa shape index (κ2) is 5.60. The lowest BCUT2D eigenvalue weighted by Gasteiger charge is -1.99. The van der Waals surface area contributed by atoms with Crippen LogP contribution in [0, 0.1) is 6.92 Å². The first-order chi connectivity index (χ1) is 9.76. The molecule has 0 aliphatic carbocycles. The molecule has 20 heavy (non-hydrogen) atoms. The molecule has 0 bridgehead atoms. The van der Waals surface area contributed by atoms with Crippen LogP contribution < -0.4 is 5.32 Å². The van der Waals surface area contributed by atoms with E-state index in [4.69, 9.17) is 4.74 Å². The maximum absolute atomic E-state index is 5.03. The van der Waals surface area contributed by atoms with Crippen molar-refractivity contribution < 1.29 is 4.74 Å². The van der Waals surface area contributed by atoms with Gasteiger partial charge < -0.3 is 10.1 Å². The molecule has 0 radical (unpaired) electrons. The Labute approximate surface area is 121 Å². The van der Waals surface area contributed by atoms with Gasteiger partial charge in [0.2, 0.25) is 0 Å². The minimum Gasteiger partial charge on any atom is -0.383 e. The van der Waals surface area contributed by atoms with E-state index in [1.54, 1.807) is 24.6 Å². The zero-order valence-electron chi connectivity index (χ0n) is 11.5. The van der Waals surface area contributed by atoms with Crippen molar-refractivity contribution in [3.05, 3.63) is 36.2 Å². The van der Waals surface area contributed by atoms with Crippen LogP contribution in [0.15, 0.2) is 30.6 Å². The summed E-state index contributed by atoms with van der Waals surface area (Å²) >= 11 is 1.65. The normalized spacial score (nSPS) is 11.1. The lowest BCUT2D eigenvalue weighted by Crippen LogP contribution is -2.03. The standard InChI is InChI=1S/C14H16N4OS/c1-10-4-3-5-12-13(10)17-14(20-12)16-11-8-15-18(9-11)6-7-19-2/h3-5,8-9H,6-7H2,1-2H3,(H,16,17). The molecule has 104 valence electrons. The Morgan fingerprint density at radius 3 is 3.10 bits per heavy atom. The fourth-order valence-corrected chi connectivity index (χ4v) is 2.96. The number of ether oxygens (including phenoxy) is 1. The van der Waals surface area contributed by atoms with E-state index in [0.29, 0.717) is 6.61 Å². The molecular weight excluding hydrogens is 272 g/mol. The largest absolute Gasteiger partial charge is 0.383 e. The molecule has 0 spiro atoms. The minimum absolute atomic E-state index is 0.654. The smallest absolute Gasteiger partial charge is 0.188 e. The summed E-state index contributed by atoms with van der Waals surface area (Å²) in [5, 5.41) is 8.46. The highest BCUT2D eigenvalue weighted by Crippen LogP contribution is 2.29. The SMILES string of the molecule is COCCn1cc(Nc2nc3c(C)cccc3s2)cn1. The van der Waals surface area contributed by atoms with Crippen molar-refractivity contribution in [3.63, 3.8) is 0 Å². The number of aryl methyl sites for hydroxylation is 1. The highest BCUT2D eigenvalue weighted by atomic mass is 32.1. The quantitative estimate of drug-likeness (QED) is 0.783. The Morgan fingerprint density at radius 1 is 1.40 bits per heavy atom. The first kappa shape index (κ1) is 13.1. The third kappa shape index (κ3) is 2.66. The Morgan fingerprint density at radius 2 is 2.30 bits per heavy atom. The molecule has 3 aromatic rings. The van der Waals surface area contributed by atoms with Crippen LogP contribution in [-0.4, -0.2) is 28.5 Å². The number of hydrogen-bond donors (Lipinski definition) is 1. The van der Waals surface area contributed by atoms with Crippen LogP contribution in [0.25, 0.3) is 10.2 Å². The van der Waals surface area contributed by atoms with Gasteiger partial charge >= 0.3 is 0 Å². The van der Waals surface area contributed by atoms with E-state index in [9.17, 15) is 0 Å². The maximum Gasteiger partial charge on any atom is 0.188 e. The Hall–Kier alpha value is -1.92. The van der Waals surface area contributed by atoms with E-state index in [1.807, 2.05) is 10.9 Å². The summed E-state index contributed by atoms with van der Waals surface area (Å²) in [5.74, 6) is 0. The maximum atomic E-state index is 5.03. The average Bonchev–Trinajstić information content (AvgIpc) is 3.04. The Balaban J connectivity index is 1.79. The third-order valence-electron chi connectivity index (χ3n) is 3.03. The van der Waals surface area contributed by atoms with Crippen molar-refractivity contribution in [1.82, 2.24) is 14.8 Å². The van der Waals surface area contributed by atoms with Crippen molar-refractivity contribution in [2.75, 3.05) is 19.0 Å². The molecule has 0 unspecified atom stereocenters. The van der Waals surface area contributed by atoms with E-state index in [0.717, 1.165) is 22.9 Å². The van der Waals surface area contributed by atoms with Gasteiger partial charge in [0, 0.05) is 13.3 Å². The number of para-hydroxylation sites is 1. The van der Waals surface area contributed by atoms with Crippen LogP contribution in [0.3, 0.4) is 0 Å². The van der Waals surface area contributed by atoms with Gasteiger partial charge in [0.15, 0.2) is 5.13 Å². The third-order valence-corrected chi connectivity index (χ3v) is 3.97. The first-order valence-corrected chi connectivity index (χ1v) is 7.22. The summed E-state index contributed by atoms with van der Waals surface area (Å²) in [7, 11) is 1.69. The predicted octanol–water partition coefficient (Wildman–Crippen LogP) is 3.19. The van der Waals surface area contributed by atoms with Crippen LogP contribution in [0.4, 0.5) is 10.8 Å². The van der Waals surface area contributed by atoms with E-state index < -0.39 is 0 Å². The zero-order valence-corrected chi connectivity index (χ0v) is 12.3. The van der Waals surface area contributed by atoms with Gasteiger partial charge in [-0.1, -0.05) is 23.5 Å². The highest BCUT2D eigenvalue weighted by molar-refractivity contribution is 7.22. The number of hydrogen-bond acceptors (Lipinski definition) is 5. The van der Waals surface area contributed by atoms with Crippen molar-refractivity contribution >= 4 is 32.4 Å². The number of nitrogens with zero attached hydrogens (tertiary/aromatic N) is 3. The molecule has 1 aromatic carbocycles. The molecule has 0 saturated carbocycles. The second-order valence-corrected chi connectivity index (χ2v) is 5.58. The number of thiazole rings is 1. The van der Waals surface area contributed by atoms with Crippen molar-refractivity contribution in [1.29, 1.82) is 0 Å². The molecule has 0 aliphatic rings. The van der Waals surface area contributed by atoms with Gasteiger partial charge in [-0.25, -0.2) is 4.98 Å². The molecule has 0 atom stereocenters. The van der Waals surface area contributed by atoms with E-state index in [2.05, 4.69) is 40.5 Å². The molecule has 1 N–H and O–H groups in total. The van der Waals surface area contributed by atoms with Gasteiger partial charge in [-0.05, 0) is 18.6 Å². The summed E-state index contributed by atoms with van der Waals surface area (Å²) in [6, 6.07) is 6.23. The highest BCUT2D eigenvalue weighted by Gasteiger charge is 2.07. The van der Waals surface area contributed by atoms with Gasteiger partial charge in [0.25, 0.3) is 0 Å². The lowest BCUT2D eigenvalue weighted by atomic mass is 10.2. The summed E-state index contributed by atoms with van der Waals surface area (Å²) in [6.07, 6.45) is 3.76. The zero-order chi connectivity index (χ0) is 13.9. The molecule has 0 aliphatic heterocycles. The Bertz CT molecular complexity index is 719. The number of rotatable bonds is 5. The van der Waals surface area contributed by atoms with Gasteiger partial charge in [-0.2, -0.15) is 5.10 Å². The summed E-state index contributed by atoms with van der Waals surface area (Å²) in [6.45, 7) is 3.48. The molecule has 0 fully saturated rings. The molecule has 5 nitrogen and oxygen atoms in total. The molecule has 2 aromatic heterocycles. The van der Waals surface area contributed by atoms with Gasteiger partial charge in [0.05, 0.1) is 35.3 Å². The van der Waals surface area contributed by atoms with Gasteiger partial charge in [0.1, 0.15) is 0 Å². The van der Waals surface area contributed by atoms with Crippen molar-refractivity contribution in [2.45, 2.75) is 13.5 Å². The Kier molecular flexibility index (Phi) is 3.66. The van der Waals surface area contributed by atoms with Gasteiger partial charge in [-0.15, -0.1) is 0 Å². The van der Waals surface area contributed by atoms with Crippen LogP contribution >= 0.6 is 11.3 Å². The fourth-order valence-electron chi connectivity index (χ4n) is 2.00. The van der Waals surface area contributed by atoms with Crippen LogP contribution in [0.5, 0.6) is 0 Å². The van der Waals surface area contributed by atoms with E-state index >= 15 is 0 Å². The average molecular weight is 288 g/mol. The molecule has 0 saturated heterocycles. The predicted molar refractivity (Wildman–Crippen MR) is 81.7 cm³/mol. The molecule has 3 rings (SSSR count). The number of fused-ring (bicyclic) bond motifs is 1. The second-order valence-electron chi connectivity index (χ2n) is 4.55. The lowest BCUT2D eigenvalue weighted by molar-refractivity contribution is 0.183. The number of benzene rings is 1. The first-order valence-electron chi connectivity index (χ1n) is 6.41. The topological polar surface area (TPSA) is 52.0 Å². The minimum atomic E-state index is 0.654. The number of nitrogens with one attached hydrogen (secondary N) is 1. The summed E-state index contributed by atoms with van der Waals surface area (Å²) in [4.78, 5) is 4.62. The monoisotopic (exact) mass is 288 g/mol. The molecule has 6 heteroatoms. The number of anilines is 2. The summed E-state index contributed by atoms with van der Waals surface area (Å²) < 4.78 is 8.08. The molecule has 0 amide bonds. The number of methoxy groups -OCH3 is 1. The van der Waals surface area contributed by atoms with Crippen molar-refractivity contribution in [2.24, 2.45) is 0 Å². The molecular formula is C14H16N4OS. The van der Waals surface area contributed by atoms with E-state index in [-0.39, 0.29) is 0 Å². The van der Waals surface area contributed by atoms with Crippen LogP contribution in [0.1, 0.15) is 5.56 Å². The molecule has 2 heterocycles. The van der Waals surface area contributed by atoms with Crippen LogP contribution in [-0.2, 0) is 11.3 Å². The summed E-state index contributed by atoms with van der Waals surface area (Å²) in [5.41, 5.74) is 3.20. The van der Waals surface area contributed by atoms with Gasteiger partial charge in [-0.3, -0.25) is 4.68 Å². The van der Waals surface area contributed by atoms with Crippen molar-refractivity contribution in [3.8, 4) is 0 Å². The fraction of sp³-hybridized carbons (Fsp3) is 0.286. The van der Waals surface area contributed by atoms with Crippen LogP contribution in [0.2, 0.25) is 0 Å². The number of aromatic nitrogens is 3. The van der Waals surface area contributed by atoms with E-state index in [1.165, 1.54) is 10.3 Å².